The number of carbonyl (C=O) groups excluding carboxylic acids is 1. The summed E-state index contributed by atoms with van der Waals surface area (Å²) in [7, 11) is -3.17. The van der Waals surface area contributed by atoms with Crippen LogP contribution in [0, 0.1) is 0 Å². The predicted octanol–water partition coefficient (Wildman–Crippen LogP) is 5.03. The normalized spacial score (nSPS) is 16.5. The monoisotopic (exact) mass is 541 g/mol. The van der Waals surface area contributed by atoms with Gasteiger partial charge >= 0.3 is 12.1 Å². The fourth-order valence-electron chi connectivity index (χ4n) is 3.03. The molecule has 0 aliphatic carbocycles. The molecule has 0 amide bonds. The lowest BCUT2D eigenvalue weighted by molar-refractivity contribution is -0.141. The predicted molar refractivity (Wildman–Crippen MR) is 111 cm³/mol. The molecule has 0 bridgehead atoms. The van der Waals surface area contributed by atoms with E-state index < -0.39 is 38.7 Å². The van der Waals surface area contributed by atoms with E-state index >= 15 is 0 Å². The molecule has 0 saturated carbocycles. The molecule has 2 aromatic rings. The van der Waals surface area contributed by atoms with Crippen LogP contribution >= 0.6 is 27.5 Å². The molecule has 0 unspecified atom stereocenters. The second-order valence-electron chi connectivity index (χ2n) is 6.65. The molecular formula is C19H16BrClF3NO5S. The molecular weight excluding hydrogens is 527 g/mol. The Kier molecular flexibility index (Phi) is 6.78. The number of benzene rings is 2. The van der Waals surface area contributed by atoms with Gasteiger partial charge in [0.2, 0.25) is 0 Å². The topological polar surface area (TPSA) is 72.9 Å². The summed E-state index contributed by atoms with van der Waals surface area (Å²) in [4.78, 5) is 11.0. The summed E-state index contributed by atoms with van der Waals surface area (Å²) in [6.07, 6.45) is -5.34. The molecule has 1 heterocycles. The first kappa shape index (κ1) is 23.7. The second kappa shape index (κ2) is 8.87. The molecule has 0 spiro atoms. The third kappa shape index (κ3) is 5.09. The van der Waals surface area contributed by atoms with Crippen molar-refractivity contribution in [2.75, 3.05) is 18.0 Å². The van der Waals surface area contributed by atoms with E-state index in [0.29, 0.717) is 10.5 Å². The molecule has 12 heteroatoms. The summed E-state index contributed by atoms with van der Waals surface area (Å²) < 4.78 is 77.7. The highest BCUT2D eigenvalue weighted by atomic mass is 79.9. The van der Waals surface area contributed by atoms with Crippen molar-refractivity contribution in [3.63, 3.8) is 0 Å². The first-order valence-corrected chi connectivity index (χ1v) is 11.5. The smallest absolute Gasteiger partial charge is 0.416 e. The Labute approximate surface area is 190 Å². The van der Waals surface area contributed by atoms with Crippen molar-refractivity contribution in [2.45, 2.75) is 30.0 Å². The number of alkyl halides is 3. The molecule has 0 aromatic heterocycles. The Bertz CT molecular complexity index is 1110. The van der Waals surface area contributed by atoms with Crippen LogP contribution in [0.25, 0.3) is 0 Å². The molecule has 1 aliphatic heterocycles. The number of halogens is 5. The van der Waals surface area contributed by atoms with Crippen LogP contribution in [0.4, 0.5) is 18.9 Å². The van der Waals surface area contributed by atoms with Crippen LogP contribution in [0.1, 0.15) is 18.4 Å². The van der Waals surface area contributed by atoms with Gasteiger partial charge in [-0.15, -0.1) is 0 Å². The van der Waals surface area contributed by atoms with Crippen molar-refractivity contribution >= 4 is 49.2 Å². The van der Waals surface area contributed by atoms with Gasteiger partial charge in [0.1, 0.15) is 11.9 Å². The average Bonchev–Trinajstić information content (AvgIpc) is 2.71. The summed E-state index contributed by atoms with van der Waals surface area (Å²) in [6.45, 7) is -0.212. The van der Waals surface area contributed by atoms with E-state index in [0.717, 1.165) is 22.5 Å². The van der Waals surface area contributed by atoms with Crippen LogP contribution in [0.2, 0.25) is 5.02 Å². The van der Waals surface area contributed by atoms with E-state index in [1.807, 2.05) is 0 Å². The van der Waals surface area contributed by atoms with Crippen LogP contribution in [0.15, 0.2) is 45.8 Å². The maximum absolute atomic E-state index is 13.3. The first-order valence-electron chi connectivity index (χ1n) is 8.86. The largest absolute Gasteiger partial charge is 0.486 e. The van der Waals surface area contributed by atoms with E-state index in [9.17, 15) is 26.4 Å². The maximum atomic E-state index is 13.3. The fraction of sp³-hybridized carbons (Fsp3) is 0.316. The van der Waals surface area contributed by atoms with Crippen LogP contribution in [0.3, 0.4) is 0 Å². The number of esters is 1. The second-order valence-corrected chi connectivity index (χ2v) is 9.77. The Morgan fingerprint density at radius 1 is 1.32 bits per heavy atom. The zero-order chi connectivity index (χ0) is 23.0. The quantitative estimate of drug-likeness (QED) is 0.496. The Morgan fingerprint density at radius 3 is 2.68 bits per heavy atom. The summed E-state index contributed by atoms with van der Waals surface area (Å²) in [6, 6.07) is 6.32. The number of hydrogen-bond acceptors (Lipinski definition) is 5. The van der Waals surface area contributed by atoms with Crippen molar-refractivity contribution in [3.8, 4) is 5.75 Å². The van der Waals surface area contributed by atoms with Crippen molar-refractivity contribution in [1.29, 1.82) is 0 Å². The Morgan fingerprint density at radius 2 is 2.03 bits per heavy atom. The molecule has 3 rings (SSSR count). The third-order valence-electron chi connectivity index (χ3n) is 4.58. The van der Waals surface area contributed by atoms with E-state index in [-0.39, 0.29) is 35.8 Å². The van der Waals surface area contributed by atoms with Gasteiger partial charge in [0.15, 0.2) is 0 Å². The zero-order valence-corrected chi connectivity index (χ0v) is 19.1. The number of nitrogens with zero attached hydrogens (tertiary/aromatic N) is 1. The summed E-state index contributed by atoms with van der Waals surface area (Å²) in [5.41, 5.74) is -0.968. The number of sulfonamides is 1. The van der Waals surface area contributed by atoms with E-state index in [1.165, 1.54) is 19.2 Å². The molecule has 0 fully saturated rings. The van der Waals surface area contributed by atoms with Gasteiger partial charge in [-0.3, -0.25) is 9.10 Å². The number of ether oxygens (including phenoxy) is 2. The lowest BCUT2D eigenvalue weighted by Crippen LogP contribution is -2.43. The van der Waals surface area contributed by atoms with Gasteiger partial charge in [-0.1, -0.05) is 17.7 Å². The highest BCUT2D eigenvalue weighted by Gasteiger charge is 2.37. The minimum atomic E-state index is -4.70. The van der Waals surface area contributed by atoms with E-state index in [2.05, 4.69) is 20.7 Å². The van der Waals surface area contributed by atoms with Gasteiger partial charge in [-0.25, -0.2) is 8.42 Å². The van der Waals surface area contributed by atoms with Gasteiger partial charge in [0.05, 0.1) is 34.8 Å². The highest BCUT2D eigenvalue weighted by molar-refractivity contribution is 9.10. The molecule has 0 N–H and O–H groups in total. The van der Waals surface area contributed by atoms with Crippen molar-refractivity contribution in [3.05, 3.63) is 51.5 Å². The number of rotatable bonds is 5. The van der Waals surface area contributed by atoms with Crippen LogP contribution in [-0.2, 0) is 25.7 Å². The van der Waals surface area contributed by atoms with Gasteiger partial charge in [-0.05, 0) is 46.6 Å². The summed E-state index contributed by atoms with van der Waals surface area (Å²) >= 11 is 9.32. The SMILES string of the molecule is COC(=O)CC[C@H]1CN(S(=O)(=O)c2cccc(C(F)(F)F)c2)c2cc(Br)c(Cl)cc2O1. The van der Waals surface area contributed by atoms with Crippen LogP contribution in [-0.4, -0.2) is 34.1 Å². The van der Waals surface area contributed by atoms with Gasteiger partial charge in [-0.2, -0.15) is 13.2 Å². The molecule has 1 aliphatic rings. The first-order chi connectivity index (χ1) is 14.4. The Hall–Kier alpha value is -1.98. The molecule has 168 valence electrons. The number of carbonyl (C=O) groups is 1. The summed E-state index contributed by atoms with van der Waals surface area (Å²) in [5.74, 6) is -0.375. The standard InChI is InChI=1S/C19H16BrClF3NO5S/c1-29-18(26)6-5-12-10-25(16-8-14(20)15(21)9-17(16)30-12)31(27,28)13-4-2-3-11(7-13)19(22,23)24/h2-4,7-9,12H,5-6,10H2,1H3/t12-/m0/s1. The molecule has 2 aromatic carbocycles. The van der Waals surface area contributed by atoms with Crippen molar-refractivity contribution in [2.24, 2.45) is 0 Å². The average molecular weight is 543 g/mol. The van der Waals surface area contributed by atoms with E-state index in [1.54, 1.807) is 0 Å². The summed E-state index contributed by atoms with van der Waals surface area (Å²) in [5, 5.41) is 0.254. The zero-order valence-electron chi connectivity index (χ0n) is 15.9. The van der Waals surface area contributed by atoms with Gasteiger partial charge in [0, 0.05) is 17.0 Å². The van der Waals surface area contributed by atoms with Crippen LogP contribution < -0.4 is 9.04 Å². The van der Waals surface area contributed by atoms with Crippen LogP contribution in [0.5, 0.6) is 5.75 Å². The lowest BCUT2D eigenvalue weighted by atomic mass is 10.1. The fourth-order valence-corrected chi connectivity index (χ4v) is 5.06. The number of methoxy groups -OCH3 is 1. The molecule has 0 saturated heterocycles. The maximum Gasteiger partial charge on any atom is 0.416 e. The molecule has 31 heavy (non-hydrogen) atoms. The third-order valence-corrected chi connectivity index (χ3v) is 7.55. The Balaban J connectivity index is 2.05. The molecule has 1 atom stereocenters. The minimum absolute atomic E-state index is 0.0296. The number of anilines is 1. The lowest BCUT2D eigenvalue weighted by Gasteiger charge is -2.35. The van der Waals surface area contributed by atoms with E-state index in [4.69, 9.17) is 16.3 Å². The highest BCUT2D eigenvalue weighted by Crippen LogP contribution is 2.43. The van der Waals surface area contributed by atoms with Gasteiger partial charge in [0.25, 0.3) is 10.0 Å². The molecule has 0 radical (unpaired) electrons. The van der Waals surface area contributed by atoms with Crippen molar-refractivity contribution in [1.82, 2.24) is 0 Å². The molecule has 6 nitrogen and oxygen atoms in total. The van der Waals surface area contributed by atoms with Crippen molar-refractivity contribution < 1.29 is 35.9 Å². The van der Waals surface area contributed by atoms with Gasteiger partial charge < -0.3 is 9.47 Å². The number of hydrogen-bond donors (Lipinski definition) is 0. The minimum Gasteiger partial charge on any atom is -0.486 e. The number of fused-ring (bicyclic) bond motifs is 1.